The van der Waals surface area contributed by atoms with Gasteiger partial charge in [-0.15, -0.1) is 0 Å². The number of benzene rings is 2. The molecule has 0 amide bonds. The maximum absolute atomic E-state index is 10.3. The zero-order chi connectivity index (χ0) is 16.6. The van der Waals surface area contributed by atoms with Gasteiger partial charge in [-0.3, -0.25) is 5.01 Å². The lowest BCUT2D eigenvalue weighted by molar-refractivity contribution is 0.460. The summed E-state index contributed by atoms with van der Waals surface area (Å²) in [5, 5.41) is 17.8. The lowest BCUT2D eigenvalue weighted by atomic mass is 9.85. The molecule has 1 unspecified atom stereocenters. The van der Waals surface area contributed by atoms with Crippen LogP contribution < -0.4 is 5.01 Å². The van der Waals surface area contributed by atoms with Gasteiger partial charge in [-0.25, -0.2) is 0 Å². The summed E-state index contributed by atoms with van der Waals surface area (Å²) in [7, 11) is 0. The second-order valence-electron chi connectivity index (χ2n) is 6.90. The molecule has 23 heavy (non-hydrogen) atoms. The second kappa shape index (κ2) is 5.89. The number of nitrogens with zero attached hydrogens (tertiary/aromatic N) is 2. The molecule has 0 bridgehead atoms. The van der Waals surface area contributed by atoms with Crippen molar-refractivity contribution in [2.75, 3.05) is 5.01 Å². The van der Waals surface area contributed by atoms with Crippen molar-refractivity contribution >= 4 is 23.0 Å². The number of halogens is 1. The maximum atomic E-state index is 10.3. The molecule has 1 aliphatic rings. The summed E-state index contributed by atoms with van der Waals surface area (Å²) < 4.78 is 0. The van der Waals surface area contributed by atoms with Crippen LogP contribution in [0.4, 0.5) is 5.69 Å². The predicted molar refractivity (Wildman–Crippen MR) is 96.3 cm³/mol. The molecule has 2 aromatic carbocycles. The van der Waals surface area contributed by atoms with Crippen molar-refractivity contribution in [3.05, 3.63) is 59.1 Å². The highest BCUT2D eigenvalue weighted by Gasteiger charge is 2.35. The fraction of sp³-hybridized carbons (Fsp3) is 0.316. The fourth-order valence-electron chi connectivity index (χ4n) is 2.81. The van der Waals surface area contributed by atoms with Gasteiger partial charge in [0, 0.05) is 28.1 Å². The van der Waals surface area contributed by atoms with Gasteiger partial charge in [0.1, 0.15) is 5.75 Å². The summed E-state index contributed by atoms with van der Waals surface area (Å²) in [6, 6.07) is 15.1. The highest BCUT2D eigenvalue weighted by Crippen LogP contribution is 2.41. The third-order valence-electron chi connectivity index (χ3n) is 4.16. The van der Waals surface area contributed by atoms with E-state index in [0.29, 0.717) is 10.8 Å². The Hall–Kier alpha value is -2.00. The zero-order valence-electron chi connectivity index (χ0n) is 13.6. The van der Waals surface area contributed by atoms with Crippen LogP contribution in [0.3, 0.4) is 0 Å². The van der Waals surface area contributed by atoms with Crippen molar-refractivity contribution in [1.82, 2.24) is 0 Å². The molecule has 1 heterocycles. The van der Waals surface area contributed by atoms with E-state index in [4.69, 9.17) is 16.7 Å². The molecule has 2 aromatic rings. The maximum Gasteiger partial charge on any atom is 0.120 e. The van der Waals surface area contributed by atoms with Crippen LogP contribution in [-0.4, -0.2) is 10.8 Å². The third-order valence-corrected chi connectivity index (χ3v) is 4.42. The number of para-hydroxylation sites is 1. The van der Waals surface area contributed by atoms with Crippen molar-refractivity contribution < 1.29 is 5.11 Å². The summed E-state index contributed by atoms with van der Waals surface area (Å²) in [6.45, 7) is 6.50. The SMILES string of the molecule is CC(C)(C)C1=NN(c2ccc(Cl)cc2)C(c2ccccc2O)C1. The van der Waals surface area contributed by atoms with Gasteiger partial charge in [-0.05, 0) is 30.3 Å². The Morgan fingerprint density at radius 1 is 1.09 bits per heavy atom. The predicted octanol–water partition coefficient (Wildman–Crippen LogP) is 5.40. The normalized spacial score (nSPS) is 18.2. The lowest BCUT2D eigenvalue weighted by Crippen LogP contribution is -2.19. The fourth-order valence-corrected chi connectivity index (χ4v) is 2.93. The Morgan fingerprint density at radius 3 is 2.35 bits per heavy atom. The van der Waals surface area contributed by atoms with Gasteiger partial charge in [-0.2, -0.15) is 5.10 Å². The van der Waals surface area contributed by atoms with E-state index < -0.39 is 0 Å². The first-order valence-electron chi connectivity index (χ1n) is 7.77. The minimum absolute atomic E-state index is 0.00778. The van der Waals surface area contributed by atoms with Gasteiger partial charge >= 0.3 is 0 Å². The minimum Gasteiger partial charge on any atom is -0.508 e. The molecule has 1 aliphatic heterocycles. The monoisotopic (exact) mass is 328 g/mol. The van der Waals surface area contributed by atoms with Crippen LogP contribution in [0.15, 0.2) is 53.6 Å². The number of aromatic hydroxyl groups is 1. The summed E-state index contributed by atoms with van der Waals surface area (Å²) in [4.78, 5) is 0. The Balaban J connectivity index is 2.04. The summed E-state index contributed by atoms with van der Waals surface area (Å²) >= 11 is 6.00. The van der Waals surface area contributed by atoms with Gasteiger partial charge in [-0.1, -0.05) is 50.6 Å². The molecule has 0 radical (unpaired) electrons. The molecule has 0 spiro atoms. The first kappa shape index (κ1) is 15.9. The number of phenolic OH excluding ortho intramolecular Hbond substituents is 1. The zero-order valence-corrected chi connectivity index (χ0v) is 14.4. The molecule has 1 N–H and O–H groups in total. The van der Waals surface area contributed by atoms with Crippen molar-refractivity contribution in [3.63, 3.8) is 0 Å². The van der Waals surface area contributed by atoms with E-state index in [1.807, 2.05) is 47.5 Å². The molecule has 120 valence electrons. The number of hydrogen-bond acceptors (Lipinski definition) is 3. The van der Waals surface area contributed by atoms with Gasteiger partial charge in [0.25, 0.3) is 0 Å². The van der Waals surface area contributed by atoms with Gasteiger partial charge < -0.3 is 5.11 Å². The van der Waals surface area contributed by atoms with Crippen molar-refractivity contribution in [2.45, 2.75) is 33.2 Å². The average Bonchev–Trinajstić information content (AvgIpc) is 2.93. The van der Waals surface area contributed by atoms with Crippen LogP contribution in [0.1, 0.15) is 38.8 Å². The Kier molecular flexibility index (Phi) is 4.07. The molecule has 0 aromatic heterocycles. The Morgan fingerprint density at radius 2 is 1.74 bits per heavy atom. The van der Waals surface area contributed by atoms with Crippen LogP contribution in [0, 0.1) is 5.41 Å². The minimum atomic E-state index is -0.0101. The summed E-state index contributed by atoms with van der Waals surface area (Å²) in [5.74, 6) is 0.307. The molecule has 0 saturated heterocycles. The van der Waals surface area contributed by atoms with Gasteiger partial charge in [0.2, 0.25) is 0 Å². The highest BCUT2D eigenvalue weighted by molar-refractivity contribution is 6.30. The molecule has 1 atom stereocenters. The molecule has 3 nitrogen and oxygen atoms in total. The van der Waals surface area contributed by atoms with E-state index in [2.05, 4.69) is 20.8 Å². The lowest BCUT2D eigenvalue weighted by Gasteiger charge is -2.24. The number of phenols is 1. The van der Waals surface area contributed by atoms with E-state index >= 15 is 0 Å². The molecular weight excluding hydrogens is 308 g/mol. The first-order valence-corrected chi connectivity index (χ1v) is 8.15. The number of hydrogen-bond donors (Lipinski definition) is 1. The molecule has 0 saturated carbocycles. The van der Waals surface area contributed by atoms with Gasteiger partial charge in [0.05, 0.1) is 11.7 Å². The Labute approximate surface area is 142 Å². The Bertz CT molecular complexity index is 732. The summed E-state index contributed by atoms with van der Waals surface area (Å²) in [6.07, 6.45) is 0.795. The van der Waals surface area contributed by atoms with Crippen LogP contribution >= 0.6 is 11.6 Å². The molecule has 0 fully saturated rings. The van der Waals surface area contributed by atoms with E-state index in [-0.39, 0.29) is 11.5 Å². The number of rotatable bonds is 2. The highest BCUT2D eigenvalue weighted by atomic mass is 35.5. The van der Waals surface area contributed by atoms with Gasteiger partial charge in [0.15, 0.2) is 0 Å². The smallest absolute Gasteiger partial charge is 0.120 e. The van der Waals surface area contributed by atoms with E-state index in [1.54, 1.807) is 6.07 Å². The second-order valence-corrected chi connectivity index (χ2v) is 7.33. The molecule has 4 heteroatoms. The van der Waals surface area contributed by atoms with Crippen LogP contribution in [0.2, 0.25) is 5.02 Å². The van der Waals surface area contributed by atoms with E-state index in [9.17, 15) is 5.11 Å². The van der Waals surface area contributed by atoms with Crippen LogP contribution in [0.25, 0.3) is 0 Å². The van der Waals surface area contributed by atoms with Crippen LogP contribution in [0.5, 0.6) is 5.75 Å². The van der Waals surface area contributed by atoms with Crippen molar-refractivity contribution in [3.8, 4) is 5.75 Å². The quantitative estimate of drug-likeness (QED) is 0.801. The number of hydrazone groups is 1. The van der Waals surface area contributed by atoms with Crippen LogP contribution in [-0.2, 0) is 0 Å². The van der Waals surface area contributed by atoms with Crippen molar-refractivity contribution in [1.29, 1.82) is 0 Å². The molecular formula is C19H21ClN2O. The largest absolute Gasteiger partial charge is 0.508 e. The topological polar surface area (TPSA) is 35.8 Å². The average molecular weight is 329 g/mol. The number of anilines is 1. The molecule has 3 rings (SSSR count). The van der Waals surface area contributed by atoms with E-state index in [1.165, 1.54) is 0 Å². The standard InChI is InChI=1S/C19H21ClN2O/c1-19(2,3)18-12-16(15-6-4-5-7-17(15)23)22(21-18)14-10-8-13(20)9-11-14/h4-11,16,23H,12H2,1-3H3. The van der Waals surface area contributed by atoms with E-state index in [0.717, 1.165) is 23.4 Å². The first-order chi connectivity index (χ1) is 10.9. The summed E-state index contributed by atoms with van der Waals surface area (Å²) in [5.41, 5.74) is 2.98. The molecule has 0 aliphatic carbocycles. The third kappa shape index (κ3) is 3.20. The van der Waals surface area contributed by atoms with Crippen molar-refractivity contribution in [2.24, 2.45) is 10.5 Å².